The molecular formula is C26H27NO5S. The number of nitrogens with one attached hydrogen (secondary N) is 1. The molecule has 0 saturated heterocycles. The summed E-state index contributed by atoms with van der Waals surface area (Å²) < 4.78 is 15.8. The lowest BCUT2D eigenvalue weighted by atomic mass is 10.0. The molecule has 0 atom stereocenters. The smallest absolute Gasteiger partial charge is 0.341 e. The van der Waals surface area contributed by atoms with E-state index in [4.69, 9.17) is 14.2 Å². The van der Waals surface area contributed by atoms with Crippen molar-refractivity contribution < 1.29 is 23.8 Å². The van der Waals surface area contributed by atoms with Gasteiger partial charge in [0.1, 0.15) is 10.6 Å². The van der Waals surface area contributed by atoms with E-state index in [-0.39, 0.29) is 5.91 Å². The number of methoxy groups -OCH3 is 2. The maximum atomic E-state index is 12.6. The fourth-order valence-corrected chi connectivity index (χ4v) is 4.24. The van der Waals surface area contributed by atoms with Crippen LogP contribution in [-0.2, 0) is 16.0 Å². The van der Waals surface area contributed by atoms with E-state index in [2.05, 4.69) is 12.2 Å². The molecule has 1 N–H and O–H groups in total. The second-order valence-corrected chi connectivity index (χ2v) is 7.94. The second-order valence-electron chi connectivity index (χ2n) is 7.06. The summed E-state index contributed by atoms with van der Waals surface area (Å²) in [5.74, 6) is 0.371. The number of carbonyl (C=O) groups is 2. The summed E-state index contributed by atoms with van der Waals surface area (Å²) in [6, 6.07) is 13.4. The summed E-state index contributed by atoms with van der Waals surface area (Å²) in [4.78, 5) is 25.1. The van der Waals surface area contributed by atoms with E-state index in [0.29, 0.717) is 28.7 Å². The number of thiophene rings is 1. The number of ether oxygens (including phenoxy) is 3. The first-order chi connectivity index (χ1) is 16.0. The van der Waals surface area contributed by atoms with Crippen molar-refractivity contribution in [2.75, 3.05) is 26.1 Å². The molecule has 0 bridgehead atoms. The molecule has 1 aromatic heterocycles. The average molecular weight is 466 g/mol. The summed E-state index contributed by atoms with van der Waals surface area (Å²) >= 11 is 1.28. The first-order valence-electron chi connectivity index (χ1n) is 10.6. The molecule has 2 aromatic carbocycles. The molecule has 1 heterocycles. The van der Waals surface area contributed by atoms with Crippen molar-refractivity contribution >= 4 is 34.3 Å². The molecule has 3 rings (SSSR count). The monoisotopic (exact) mass is 465 g/mol. The molecular weight excluding hydrogens is 438 g/mol. The maximum absolute atomic E-state index is 12.6. The zero-order chi connectivity index (χ0) is 23.8. The Morgan fingerprint density at radius 1 is 1.03 bits per heavy atom. The first-order valence-corrected chi connectivity index (χ1v) is 11.5. The van der Waals surface area contributed by atoms with Gasteiger partial charge < -0.3 is 19.5 Å². The van der Waals surface area contributed by atoms with Crippen LogP contribution >= 0.6 is 11.3 Å². The highest BCUT2D eigenvalue weighted by Gasteiger charge is 2.22. The molecule has 1 amide bonds. The number of hydrogen-bond acceptors (Lipinski definition) is 6. The molecule has 0 aliphatic rings. The second kappa shape index (κ2) is 11.3. The number of amides is 1. The van der Waals surface area contributed by atoms with Gasteiger partial charge in [0, 0.05) is 17.0 Å². The summed E-state index contributed by atoms with van der Waals surface area (Å²) in [6.45, 7) is 4.52. The van der Waals surface area contributed by atoms with Gasteiger partial charge in [0.2, 0.25) is 5.91 Å². The molecule has 6 nitrogen and oxygen atoms in total. The standard InChI is InChI=1S/C26H27NO5S/c1-5-17-7-11-19(12-8-17)20-16-33-25(24(20)26(29)31-4)27-23(28)14-10-18-9-13-21(32-6-2)22(15-18)30-3/h7-16H,5-6H2,1-4H3,(H,27,28)/b14-10+. The van der Waals surface area contributed by atoms with Gasteiger partial charge in [-0.15, -0.1) is 11.3 Å². The van der Waals surface area contributed by atoms with E-state index in [1.54, 1.807) is 25.3 Å². The van der Waals surface area contributed by atoms with Crippen LogP contribution in [0.4, 0.5) is 5.00 Å². The summed E-state index contributed by atoms with van der Waals surface area (Å²) in [7, 11) is 2.89. The predicted molar refractivity (Wildman–Crippen MR) is 132 cm³/mol. The van der Waals surface area contributed by atoms with Crippen LogP contribution in [0.15, 0.2) is 53.9 Å². The van der Waals surface area contributed by atoms with Gasteiger partial charge in [0.25, 0.3) is 0 Å². The Bertz CT molecular complexity index is 1150. The van der Waals surface area contributed by atoms with Crippen LogP contribution in [0.25, 0.3) is 17.2 Å². The lowest BCUT2D eigenvalue weighted by Crippen LogP contribution is -2.11. The van der Waals surface area contributed by atoms with Crippen molar-refractivity contribution in [3.63, 3.8) is 0 Å². The number of aryl methyl sites for hydroxylation is 1. The number of anilines is 1. The third-order valence-electron chi connectivity index (χ3n) is 5.01. The summed E-state index contributed by atoms with van der Waals surface area (Å²) in [6.07, 6.45) is 4.01. The van der Waals surface area contributed by atoms with Crippen molar-refractivity contribution in [3.8, 4) is 22.6 Å². The van der Waals surface area contributed by atoms with E-state index in [0.717, 1.165) is 23.1 Å². The van der Waals surface area contributed by atoms with Crippen LogP contribution in [0.1, 0.15) is 35.3 Å². The molecule has 33 heavy (non-hydrogen) atoms. The number of carbonyl (C=O) groups excluding carboxylic acids is 2. The van der Waals surface area contributed by atoms with Crippen LogP contribution in [0.2, 0.25) is 0 Å². The van der Waals surface area contributed by atoms with Gasteiger partial charge in [-0.1, -0.05) is 37.3 Å². The molecule has 3 aromatic rings. The molecule has 0 unspecified atom stereocenters. The van der Waals surface area contributed by atoms with Crippen LogP contribution in [-0.4, -0.2) is 32.7 Å². The fourth-order valence-electron chi connectivity index (χ4n) is 3.28. The largest absolute Gasteiger partial charge is 0.493 e. The third-order valence-corrected chi connectivity index (χ3v) is 5.90. The quantitative estimate of drug-likeness (QED) is 0.318. The van der Waals surface area contributed by atoms with Gasteiger partial charge in [0.15, 0.2) is 11.5 Å². The Kier molecular flexibility index (Phi) is 8.27. The van der Waals surface area contributed by atoms with Crippen molar-refractivity contribution in [2.45, 2.75) is 20.3 Å². The molecule has 0 aliphatic heterocycles. The summed E-state index contributed by atoms with van der Waals surface area (Å²) in [5.41, 5.74) is 3.95. The Morgan fingerprint density at radius 2 is 1.79 bits per heavy atom. The zero-order valence-electron chi connectivity index (χ0n) is 19.1. The predicted octanol–water partition coefficient (Wildman–Crippen LogP) is 5.82. The third kappa shape index (κ3) is 5.81. The van der Waals surface area contributed by atoms with Crippen molar-refractivity contribution in [1.29, 1.82) is 0 Å². The van der Waals surface area contributed by atoms with Crippen molar-refractivity contribution in [3.05, 3.63) is 70.6 Å². The van der Waals surface area contributed by atoms with Crippen molar-refractivity contribution in [1.82, 2.24) is 0 Å². The fraction of sp³-hybridized carbons (Fsp3) is 0.231. The van der Waals surface area contributed by atoms with E-state index < -0.39 is 5.97 Å². The molecule has 172 valence electrons. The Balaban J connectivity index is 1.81. The lowest BCUT2D eigenvalue weighted by molar-refractivity contribution is -0.111. The van der Waals surface area contributed by atoms with Gasteiger partial charge in [-0.05, 0) is 48.2 Å². The van der Waals surface area contributed by atoms with Crippen molar-refractivity contribution in [2.24, 2.45) is 0 Å². The molecule has 0 fully saturated rings. The van der Waals surface area contributed by atoms with E-state index >= 15 is 0 Å². The van der Waals surface area contributed by atoms with E-state index in [1.807, 2.05) is 42.6 Å². The van der Waals surface area contributed by atoms with Gasteiger partial charge >= 0.3 is 5.97 Å². The van der Waals surface area contributed by atoms with Gasteiger partial charge in [-0.2, -0.15) is 0 Å². The SMILES string of the molecule is CCOc1ccc(/C=C/C(=O)Nc2scc(-c3ccc(CC)cc3)c2C(=O)OC)cc1OC. The Labute approximate surface area is 197 Å². The molecule has 0 saturated carbocycles. The van der Waals surface area contributed by atoms with Crippen LogP contribution in [0.3, 0.4) is 0 Å². The minimum absolute atomic E-state index is 0.344. The van der Waals surface area contributed by atoms with Crippen LogP contribution in [0.5, 0.6) is 11.5 Å². The number of hydrogen-bond donors (Lipinski definition) is 1. The minimum Gasteiger partial charge on any atom is -0.493 e. The highest BCUT2D eigenvalue weighted by atomic mass is 32.1. The lowest BCUT2D eigenvalue weighted by Gasteiger charge is -2.09. The van der Waals surface area contributed by atoms with Gasteiger partial charge in [0.05, 0.1) is 20.8 Å². The highest BCUT2D eigenvalue weighted by molar-refractivity contribution is 7.15. The van der Waals surface area contributed by atoms with Crippen LogP contribution < -0.4 is 14.8 Å². The Morgan fingerprint density at radius 3 is 2.42 bits per heavy atom. The average Bonchev–Trinajstić information content (AvgIpc) is 3.26. The number of esters is 1. The molecule has 0 aliphatic carbocycles. The highest BCUT2D eigenvalue weighted by Crippen LogP contribution is 2.36. The normalized spacial score (nSPS) is 10.8. The number of rotatable bonds is 9. The minimum atomic E-state index is -0.499. The maximum Gasteiger partial charge on any atom is 0.341 e. The summed E-state index contributed by atoms with van der Waals surface area (Å²) in [5, 5.41) is 5.10. The topological polar surface area (TPSA) is 73.9 Å². The van der Waals surface area contributed by atoms with E-state index in [9.17, 15) is 9.59 Å². The van der Waals surface area contributed by atoms with Gasteiger partial charge in [-0.3, -0.25) is 4.79 Å². The Hall–Kier alpha value is -3.58. The first kappa shape index (κ1) is 24.1. The molecule has 0 radical (unpaired) electrons. The molecule has 0 spiro atoms. The zero-order valence-corrected chi connectivity index (χ0v) is 20.0. The molecule has 7 heteroatoms. The van der Waals surface area contributed by atoms with E-state index in [1.165, 1.54) is 30.1 Å². The van der Waals surface area contributed by atoms with Gasteiger partial charge in [-0.25, -0.2) is 4.79 Å². The number of benzene rings is 2. The van der Waals surface area contributed by atoms with Crippen LogP contribution in [0, 0.1) is 0 Å².